The number of ether oxygens (including phenoxy) is 2. The Hall–Kier alpha value is -2.61. The number of carbonyl (C=O) groups excluding carboxylic acids is 2. The van der Waals surface area contributed by atoms with Crippen LogP contribution in [0.3, 0.4) is 0 Å². The summed E-state index contributed by atoms with van der Waals surface area (Å²) in [5.74, 6) is -2.48. The largest absolute Gasteiger partial charge is 0.466 e. The zero-order valence-corrected chi connectivity index (χ0v) is 12.3. The molecule has 0 spiro atoms. The van der Waals surface area contributed by atoms with Gasteiger partial charge in [-0.05, 0) is 6.07 Å². The van der Waals surface area contributed by atoms with Crippen molar-refractivity contribution in [2.75, 3.05) is 19.5 Å². The van der Waals surface area contributed by atoms with Crippen LogP contribution in [0.5, 0.6) is 0 Å². The summed E-state index contributed by atoms with van der Waals surface area (Å²) in [4.78, 5) is 29.5. The maximum atomic E-state index is 14.4. The van der Waals surface area contributed by atoms with Crippen LogP contribution >= 0.6 is 11.6 Å². The van der Waals surface area contributed by atoms with Crippen LogP contribution in [0.15, 0.2) is 24.2 Å². The number of anilines is 1. The van der Waals surface area contributed by atoms with Crippen molar-refractivity contribution in [1.29, 1.82) is 0 Å². The van der Waals surface area contributed by atoms with Crippen molar-refractivity contribution < 1.29 is 23.5 Å². The minimum atomic E-state index is -0.886. The molecule has 22 heavy (non-hydrogen) atoms. The SMILES string of the molecule is COC(=O)/C=C(/Nc1c(Cl)cc2[nH]cnc2c1F)C(=O)OC. The van der Waals surface area contributed by atoms with Gasteiger partial charge >= 0.3 is 11.9 Å². The number of hydrogen-bond acceptors (Lipinski definition) is 6. The highest BCUT2D eigenvalue weighted by Crippen LogP contribution is 2.31. The van der Waals surface area contributed by atoms with Crippen molar-refractivity contribution in [2.45, 2.75) is 0 Å². The lowest BCUT2D eigenvalue weighted by molar-refractivity contribution is -0.138. The fraction of sp³-hybridized carbons (Fsp3) is 0.154. The lowest BCUT2D eigenvalue weighted by Gasteiger charge is -2.11. The molecule has 1 heterocycles. The molecule has 0 amide bonds. The Kier molecular flexibility index (Phi) is 4.62. The number of carbonyl (C=O) groups is 2. The van der Waals surface area contributed by atoms with Crippen molar-refractivity contribution in [3.05, 3.63) is 35.0 Å². The van der Waals surface area contributed by atoms with Crippen molar-refractivity contribution in [3.8, 4) is 0 Å². The van der Waals surface area contributed by atoms with Crippen LogP contribution in [-0.2, 0) is 19.1 Å². The third-order valence-corrected chi connectivity index (χ3v) is 3.03. The molecule has 7 nitrogen and oxygen atoms in total. The van der Waals surface area contributed by atoms with E-state index in [1.54, 1.807) is 0 Å². The third-order valence-electron chi connectivity index (χ3n) is 2.73. The lowest BCUT2D eigenvalue weighted by atomic mass is 10.2. The van der Waals surface area contributed by atoms with E-state index in [0.717, 1.165) is 20.3 Å². The molecule has 0 fully saturated rings. The summed E-state index contributed by atoms with van der Waals surface area (Å²) in [6, 6.07) is 1.43. The molecular formula is C13H11ClFN3O4. The smallest absolute Gasteiger partial charge is 0.354 e. The Morgan fingerprint density at radius 3 is 2.77 bits per heavy atom. The maximum absolute atomic E-state index is 14.4. The molecule has 0 bridgehead atoms. The number of halogens is 2. The number of aromatic nitrogens is 2. The second-order valence-corrected chi connectivity index (χ2v) is 4.45. The highest BCUT2D eigenvalue weighted by atomic mass is 35.5. The summed E-state index contributed by atoms with van der Waals surface area (Å²) in [5, 5.41) is 2.43. The van der Waals surface area contributed by atoms with Crippen molar-refractivity contribution in [1.82, 2.24) is 9.97 Å². The summed E-state index contributed by atoms with van der Waals surface area (Å²) in [6.07, 6.45) is 2.13. The molecule has 0 radical (unpaired) electrons. The molecule has 0 unspecified atom stereocenters. The van der Waals surface area contributed by atoms with Gasteiger partial charge in [-0.25, -0.2) is 19.0 Å². The van der Waals surface area contributed by atoms with Crippen LogP contribution in [0.2, 0.25) is 5.02 Å². The molecular weight excluding hydrogens is 317 g/mol. The van der Waals surface area contributed by atoms with Crippen molar-refractivity contribution in [2.24, 2.45) is 0 Å². The number of methoxy groups -OCH3 is 2. The van der Waals surface area contributed by atoms with Crippen LogP contribution in [0, 0.1) is 5.82 Å². The highest BCUT2D eigenvalue weighted by Gasteiger charge is 2.19. The van der Waals surface area contributed by atoms with Crippen LogP contribution in [0.1, 0.15) is 0 Å². The number of aromatic amines is 1. The number of imidazole rings is 1. The summed E-state index contributed by atoms with van der Waals surface area (Å²) >= 11 is 5.98. The standard InChI is InChI=1S/C13H11ClFN3O4/c1-21-9(19)4-8(13(20)22-2)18-11-6(14)3-7-12(10(11)15)17-5-16-7/h3-5,18H,1-2H3,(H,16,17)/b8-4+. The van der Waals surface area contributed by atoms with Gasteiger partial charge in [-0.15, -0.1) is 0 Å². The Balaban J connectivity index is 2.48. The molecule has 1 aromatic carbocycles. The number of H-pyrrole nitrogens is 1. The van der Waals surface area contributed by atoms with Gasteiger partial charge in [0.15, 0.2) is 5.82 Å². The van der Waals surface area contributed by atoms with Gasteiger partial charge in [0.05, 0.1) is 42.8 Å². The molecule has 9 heteroatoms. The predicted molar refractivity (Wildman–Crippen MR) is 76.8 cm³/mol. The molecule has 1 aromatic heterocycles. The van der Waals surface area contributed by atoms with E-state index < -0.39 is 17.8 Å². The number of esters is 2. The second kappa shape index (κ2) is 6.44. The van der Waals surface area contributed by atoms with E-state index in [9.17, 15) is 14.0 Å². The van der Waals surface area contributed by atoms with Crippen LogP contribution < -0.4 is 5.32 Å². The Morgan fingerprint density at radius 1 is 1.41 bits per heavy atom. The average molecular weight is 328 g/mol. The molecule has 0 aliphatic rings. The van der Waals surface area contributed by atoms with Gasteiger partial charge in [-0.2, -0.15) is 0 Å². The van der Waals surface area contributed by atoms with Crippen LogP contribution in [0.4, 0.5) is 10.1 Å². The number of rotatable bonds is 4. The van der Waals surface area contributed by atoms with Crippen LogP contribution in [0.25, 0.3) is 11.0 Å². The maximum Gasteiger partial charge on any atom is 0.354 e. The van der Waals surface area contributed by atoms with E-state index in [1.165, 1.54) is 12.4 Å². The Morgan fingerprint density at radius 2 is 2.14 bits per heavy atom. The Labute approximate surface area is 129 Å². The molecule has 0 atom stereocenters. The average Bonchev–Trinajstić information content (AvgIpc) is 2.97. The summed E-state index contributed by atoms with van der Waals surface area (Å²) < 4.78 is 23.3. The highest BCUT2D eigenvalue weighted by molar-refractivity contribution is 6.34. The molecule has 2 N–H and O–H groups in total. The van der Waals surface area contributed by atoms with E-state index in [-0.39, 0.29) is 21.9 Å². The summed E-state index contributed by atoms with van der Waals surface area (Å²) in [5.41, 5.74) is -0.106. The predicted octanol–water partition coefficient (Wildman–Crippen LogP) is 2.00. The van der Waals surface area contributed by atoms with Gasteiger partial charge in [0.2, 0.25) is 0 Å². The fourth-order valence-electron chi connectivity index (χ4n) is 1.69. The van der Waals surface area contributed by atoms with Gasteiger partial charge in [0.1, 0.15) is 11.2 Å². The molecule has 0 saturated heterocycles. The first-order valence-electron chi connectivity index (χ1n) is 5.94. The number of nitrogens with zero attached hydrogens (tertiary/aromatic N) is 1. The first-order chi connectivity index (χ1) is 10.5. The molecule has 0 aliphatic carbocycles. The zero-order valence-electron chi connectivity index (χ0n) is 11.6. The van der Waals surface area contributed by atoms with E-state index >= 15 is 0 Å². The van der Waals surface area contributed by atoms with Gasteiger partial charge in [-0.1, -0.05) is 11.6 Å². The normalized spacial score (nSPS) is 11.4. The van der Waals surface area contributed by atoms with Gasteiger partial charge in [0.25, 0.3) is 0 Å². The first-order valence-corrected chi connectivity index (χ1v) is 6.31. The molecule has 2 aromatic rings. The lowest BCUT2D eigenvalue weighted by Crippen LogP contribution is -2.16. The number of benzene rings is 1. The van der Waals surface area contributed by atoms with Gasteiger partial charge in [-0.3, -0.25) is 0 Å². The minimum absolute atomic E-state index is 0.00563. The number of hydrogen-bond donors (Lipinski definition) is 2. The number of nitrogens with one attached hydrogen (secondary N) is 2. The summed E-state index contributed by atoms with van der Waals surface area (Å²) in [7, 11) is 2.25. The van der Waals surface area contributed by atoms with E-state index in [4.69, 9.17) is 11.6 Å². The van der Waals surface area contributed by atoms with Crippen LogP contribution in [-0.4, -0.2) is 36.1 Å². The monoisotopic (exact) mass is 327 g/mol. The zero-order chi connectivity index (χ0) is 16.3. The Bertz CT molecular complexity index is 772. The molecule has 116 valence electrons. The molecule has 0 saturated carbocycles. The van der Waals surface area contributed by atoms with E-state index in [0.29, 0.717) is 5.52 Å². The topological polar surface area (TPSA) is 93.3 Å². The number of fused-ring (bicyclic) bond motifs is 1. The first kappa shape index (κ1) is 15.8. The van der Waals surface area contributed by atoms with E-state index in [2.05, 4.69) is 24.8 Å². The van der Waals surface area contributed by atoms with Crippen molar-refractivity contribution in [3.63, 3.8) is 0 Å². The van der Waals surface area contributed by atoms with Gasteiger partial charge < -0.3 is 19.8 Å². The van der Waals surface area contributed by atoms with Gasteiger partial charge in [0, 0.05) is 0 Å². The van der Waals surface area contributed by atoms with E-state index in [1.807, 2.05) is 0 Å². The molecule has 2 rings (SSSR count). The second-order valence-electron chi connectivity index (χ2n) is 4.04. The fourth-order valence-corrected chi connectivity index (χ4v) is 1.93. The molecule has 0 aliphatic heterocycles. The minimum Gasteiger partial charge on any atom is -0.466 e. The van der Waals surface area contributed by atoms with Crippen molar-refractivity contribution >= 4 is 40.3 Å². The quantitative estimate of drug-likeness (QED) is 0.659. The third kappa shape index (κ3) is 3.01. The summed E-state index contributed by atoms with van der Waals surface area (Å²) in [6.45, 7) is 0.